The van der Waals surface area contributed by atoms with Gasteiger partial charge in [0.15, 0.2) is 5.78 Å². The number of aromatic nitrogens is 2. The summed E-state index contributed by atoms with van der Waals surface area (Å²) < 4.78 is 39.3. The van der Waals surface area contributed by atoms with Crippen LogP contribution in [0.2, 0.25) is 0 Å². The van der Waals surface area contributed by atoms with Crippen LogP contribution in [0.5, 0.6) is 0 Å². The van der Waals surface area contributed by atoms with E-state index in [0.29, 0.717) is 5.56 Å². The first kappa shape index (κ1) is 16.4. The highest BCUT2D eigenvalue weighted by atomic mass is 19.4. The van der Waals surface area contributed by atoms with Crippen molar-refractivity contribution in [3.8, 4) is 6.07 Å². The van der Waals surface area contributed by atoms with E-state index in [1.807, 2.05) is 6.07 Å². The van der Waals surface area contributed by atoms with E-state index in [4.69, 9.17) is 5.26 Å². The zero-order chi connectivity index (χ0) is 16.9. The maximum atomic E-state index is 13.1. The molecule has 1 aromatic carbocycles. The molecule has 2 rings (SSSR count). The first-order chi connectivity index (χ1) is 10.9. The molecule has 0 amide bonds. The summed E-state index contributed by atoms with van der Waals surface area (Å²) in [6, 6.07) is 5.21. The van der Waals surface area contributed by atoms with Crippen molar-refractivity contribution in [3.05, 3.63) is 54.0 Å². The highest BCUT2D eigenvalue weighted by Gasteiger charge is 2.41. The van der Waals surface area contributed by atoms with Crippen LogP contribution in [0.1, 0.15) is 22.3 Å². The molecule has 0 aliphatic heterocycles. The largest absolute Gasteiger partial charge is 0.409 e. The Balaban J connectivity index is 2.14. The van der Waals surface area contributed by atoms with Crippen LogP contribution in [-0.4, -0.2) is 28.0 Å². The van der Waals surface area contributed by atoms with Crippen LogP contribution < -0.4 is 5.32 Å². The molecule has 1 N–H and O–H groups in total. The molecule has 0 spiro atoms. The fraction of sp³-hybridized carbons (Fsp3) is 0.200. The Labute approximate surface area is 129 Å². The third-order valence-electron chi connectivity index (χ3n) is 3.01. The molecule has 0 fully saturated rings. The summed E-state index contributed by atoms with van der Waals surface area (Å²) in [6.45, 7) is 0. The standard InChI is InChI=1S/C15H11F3N4O/c16-15(17,18)13(22-14-9-20-5-6-21-14)7-12(23)11-3-1-10(8-19)2-4-11/h1-6,9,13H,7H2,(H,21,22). The number of carbonyl (C=O) groups excluding carboxylic acids is 1. The van der Waals surface area contributed by atoms with Gasteiger partial charge >= 0.3 is 6.18 Å². The van der Waals surface area contributed by atoms with Gasteiger partial charge in [0.05, 0.1) is 17.8 Å². The Morgan fingerprint density at radius 3 is 2.48 bits per heavy atom. The zero-order valence-corrected chi connectivity index (χ0v) is 11.7. The van der Waals surface area contributed by atoms with Crippen LogP contribution in [0.25, 0.3) is 0 Å². The average molecular weight is 320 g/mol. The molecule has 5 nitrogen and oxygen atoms in total. The summed E-state index contributed by atoms with van der Waals surface area (Å²) in [5, 5.41) is 10.8. The highest BCUT2D eigenvalue weighted by molar-refractivity contribution is 5.96. The summed E-state index contributed by atoms with van der Waals surface area (Å²) in [5.41, 5.74) is 0.436. The van der Waals surface area contributed by atoms with Gasteiger partial charge in [-0.1, -0.05) is 12.1 Å². The molecule has 0 saturated carbocycles. The summed E-state index contributed by atoms with van der Waals surface area (Å²) in [4.78, 5) is 19.4. The minimum atomic E-state index is -4.63. The van der Waals surface area contributed by atoms with Gasteiger partial charge in [-0.3, -0.25) is 9.78 Å². The van der Waals surface area contributed by atoms with Gasteiger partial charge in [-0.25, -0.2) is 4.98 Å². The summed E-state index contributed by atoms with van der Waals surface area (Å²) >= 11 is 0. The van der Waals surface area contributed by atoms with Gasteiger partial charge in [-0.15, -0.1) is 0 Å². The number of nitrogens with one attached hydrogen (secondary N) is 1. The minimum Gasteiger partial charge on any atom is -0.357 e. The normalized spacial score (nSPS) is 12.3. The Kier molecular flexibility index (Phi) is 4.91. The van der Waals surface area contributed by atoms with Crippen LogP contribution in [0.3, 0.4) is 0 Å². The lowest BCUT2D eigenvalue weighted by Gasteiger charge is -2.21. The van der Waals surface area contributed by atoms with Crippen LogP contribution >= 0.6 is 0 Å². The second-order valence-corrected chi connectivity index (χ2v) is 4.65. The molecular weight excluding hydrogens is 309 g/mol. The number of anilines is 1. The number of hydrogen-bond acceptors (Lipinski definition) is 5. The van der Waals surface area contributed by atoms with E-state index >= 15 is 0 Å². The Bertz CT molecular complexity index is 708. The van der Waals surface area contributed by atoms with Gasteiger partial charge in [0.25, 0.3) is 0 Å². The maximum absolute atomic E-state index is 13.1. The fourth-order valence-corrected chi connectivity index (χ4v) is 1.83. The topological polar surface area (TPSA) is 78.7 Å². The molecule has 1 atom stereocenters. The Hall–Kier alpha value is -2.95. The molecule has 1 aromatic heterocycles. The third kappa shape index (κ3) is 4.51. The number of Topliss-reactive ketones (excluding diaryl/α,β-unsaturated/α-hetero) is 1. The van der Waals surface area contributed by atoms with Crippen LogP contribution in [0.4, 0.5) is 19.0 Å². The minimum absolute atomic E-state index is 0.0672. The van der Waals surface area contributed by atoms with Crippen LogP contribution in [-0.2, 0) is 0 Å². The molecule has 0 aliphatic rings. The smallest absolute Gasteiger partial charge is 0.357 e. The molecule has 1 heterocycles. The molecule has 1 unspecified atom stereocenters. The number of alkyl halides is 3. The van der Waals surface area contributed by atoms with Crippen LogP contribution in [0, 0.1) is 11.3 Å². The Morgan fingerprint density at radius 2 is 1.96 bits per heavy atom. The zero-order valence-electron chi connectivity index (χ0n) is 11.7. The fourth-order valence-electron chi connectivity index (χ4n) is 1.83. The molecular formula is C15H11F3N4O. The first-order valence-corrected chi connectivity index (χ1v) is 6.53. The molecule has 0 saturated heterocycles. The molecule has 0 radical (unpaired) electrons. The number of ketones is 1. The molecule has 2 aromatic rings. The molecule has 0 aliphatic carbocycles. The number of nitrogens with zero attached hydrogens (tertiary/aromatic N) is 3. The molecule has 8 heteroatoms. The highest BCUT2D eigenvalue weighted by Crippen LogP contribution is 2.26. The van der Waals surface area contributed by atoms with E-state index < -0.39 is 24.4 Å². The van der Waals surface area contributed by atoms with Crippen molar-refractivity contribution in [1.82, 2.24) is 9.97 Å². The van der Waals surface area contributed by atoms with E-state index in [1.54, 1.807) is 0 Å². The maximum Gasteiger partial charge on any atom is 0.409 e. The summed E-state index contributed by atoms with van der Waals surface area (Å²) in [5.74, 6) is -0.754. The van der Waals surface area contributed by atoms with Crippen molar-refractivity contribution in [2.75, 3.05) is 5.32 Å². The average Bonchev–Trinajstić information content (AvgIpc) is 2.54. The number of nitriles is 1. The van der Waals surface area contributed by atoms with Gasteiger partial charge < -0.3 is 5.32 Å². The summed E-state index contributed by atoms with van der Waals surface area (Å²) in [6.07, 6.45) is -1.69. The van der Waals surface area contributed by atoms with E-state index in [2.05, 4.69) is 15.3 Å². The van der Waals surface area contributed by atoms with Crippen molar-refractivity contribution in [2.45, 2.75) is 18.6 Å². The number of carbonyl (C=O) groups is 1. The number of rotatable bonds is 5. The van der Waals surface area contributed by atoms with Crippen molar-refractivity contribution in [3.63, 3.8) is 0 Å². The van der Waals surface area contributed by atoms with Crippen LogP contribution in [0.15, 0.2) is 42.9 Å². The summed E-state index contributed by atoms with van der Waals surface area (Å²) in [7, 11) is 0. The number of halogens is 3. The number of benzene rings is 1. The van der Waals surface area contributed by atoms with Gasteiger partial charge in [0, 0.05) is 24.4 Å². The van der Waals surface area contributed by atoms with Crippen molar-refractivity contribution < 1.29 is 18.0 Å². The first-order valence-electron chi connectivity index (χ1n) is 6.53. The second-order valence-electron chi connectivity index (χ2n) is 4.65. The predicted molar refractivity (Wildman–Crippen MR) is 75.6 cm³/mol. The van der Waals surface area contributed by atoms with E-state index in [9.17, 15) is 18.0 Å². The second kappa shape index (κ2) is 6.87. The van der Waals surface area contributed by atoms with Crippen molar-refractivity contribution in [2.24, 2.45) is 0 Å². The predicted octanol–water partition coefficient (Wildman–Crippen LogP) is 2.96. The van der Waals surface area contributed by atoms with Gasteiger partial charge in [0.1, 0.15) is 11.9 Å². The lowest BCUT2D eigenvalue weighted by atomic mass is 10.0. The van der Waals surface area contributed by atoms with Gasteiger partial charge in [-0.05, 0) is 12.1 Å². The van der Waals surface area contributed by atoms with Gasteiger partial charge in [0.2, 0.25) is 0 Å². The van der Waals surface area contributed by atoms with Gasteiger partial charge in [-0.2, -0.15) is 18.4 Å². The van der Waals surface area contributed by atoms with E-state index in [-0.39, 0.29) is 11.4 Å². The lowest BCUT2D eigenvalue weighted by Crippen LogP contribution is -2.38. The van der Waals surface area contributed by atoms with E-state index in [0.717, 1.165) is 6.20 Å². The molecule has 23 heavy (non-hydrogen) atoms. The third-order valence-corrected chi connectivity index (χ3v) is 3.01. The lowest BCUT2D eigenvalue weighted by molar-refractivity contribution is -0.141. The monoisotopic (exact) mass is 320 g/mol. The molecule has 118 valence electrons. The van der Waals surface area contributed by atoms with Crippen molar-refractivity contribution >= 4 is 11.6 Å². The van der Waals surface area contributed by atoms with Crippen molar-refractivity contribution in [1.29, 1.82) is 5.26 Å². The quantitative estimate of drug-likeness (QED) is 0.857. The number of hydrogen-bond donors (Lipinski definition) is 1. The SMILES string of the molecule is N#Cc1ccc(C(=O)CC(Nc2cnccn2)C(F)(F)F)cc1. The Morgan fingerprint density at radius 1 is 1.26 bits per heavy atom. The van der Waals surface area contributed by atoms with E-state index in [1.165, 1.54) is 36.7 Å². The molecule has 0 bridgehead atoms.